The molecule has 2 heteroatoms. The molecule has 16 heavy (non-hydrogen) atoms. The molecule has 1 nitrogen and oxygen atoms in total. The fraction of sp³-hybridized carbons (Fsp3) is 0.429. The van der Waals surface area contributed by atoms with E-state index >= 15 is 0 Å². The van der Waals surface area contributed by atoms with Gasteiger partial charge in [0.05, 0.1) is 0 Å². The van der Waals surface area contributed by atoms with Crippen molar-refractivity contribution in [3.05, 3.63) is 39.9 Å². The van der Waals surface area contributed by atoms with Gasteiger partial charge in [-0.15, -0.1) is 0 Å². The van der Waals surface area contributed by atoms with E-state index in [4.69, 9.17) is 11.6 Å². The maximum atomic E-state index is 6.11. The Bertz CT molecular complexity index is 380. The van der Waals surface area contributed by atoms with Crippen LogP contribution in [-0.2, 0) is 0 Å². The second-order valence-electron chi connectivity index (χ2n) is 4.41. The first-order valence-corrected chi connectivity index (χ1v) is 6.03. The normalized spacial score (nSPS) is 12.2. The zero-order valence-electron chi connectivity index (χ0n) is 10.5. The lowest BCUT2D eigenvalue weighted by atomic mass is 10.00. The molecule has 0 aliphatic carbocycles. The molecule has 1 rings (SSSR count). The van der Waals surface area contributed by atoms with Gasteiger partial charge >= 0.3 is 0 Å². The van der Waals surface area contributed by atoms with E-state index in [1.165, 1.54) is 11.1 Å². The van der Waals surface area contributed by atoms with Crippen molar-refractivity contribution in [2.75, 3.05) is 13.6 Å². The Hall–Kier alpha value is -0.790. The molecule has 0 aliphatic heterocycles. The number of rotatable bonds is 4. The van der Waals surface area contributed by atoms with E-state index < -0.39 is 0 Å². The molecule has 0 amide bonds. The van der Waals surface area contributed by atoms with Gasteiger partial charge < -0.3 is 5.32 Å². The number of halogens is 1. The first kappa shape index (κ1) is 13.3. The molecular weight excluding hydrogens is 218 g/mol. The Balaban J connectivity index is 2.98. The highest BCUT2D eigenvalue weighted by molar-refractivity contribution is 6.31. The average molecular weight is 238 g/mol. The highest BCUT2D eigenvalue weighted by Gasteiger charge is 2.03. The quantitative estimate of drug-likeness (QED) is 0.838. The Morgan fingerprint density at radius 2 is 2.12 bits per heavy atom. The number of aryl methyl sites for hydroxylation is 1. The van der Waals surface area contributed by atoms with Gasteiger partial charge in [-0.25, -0.2) is 0 Å². The van der Waals surface area contributed by atoms with Crippen LogP contribution in [0.2, 0.25) is 5.02 Å². The number of hydrogen-bond donors (Lipinski definition) is 1. The minimum Gasteiger partial charge on any atom is -0.316 e. The van der Waals surface area contributed by atoms with Crippen molar-refractivity contribution in [1.29, 1.82) is 0 Å². The lowest BCUT2D eigenvalue weighted by Crippen LogP contribution is -2.13. The molecule has 0 aliphatic rings. The summed E-state index contributed by atoms with van der Waals surface area (Å²) in [5.41, 5.74) is 3.69. The van der Waals surface area contributed by atoms with Gasteiger partial charge in [-0.05, 0) is 37.1 Å². The van der Waals surface area contributed by atoms with Crippen molar-refractivity contribution >= 4 is 17.7 Å². The van der Waals surface area contributed by atoms with Gasteiger partial charge in [0, 0.05) is 11.6 Å². The van der Waals surface area contributed by atoms with Gasteiger partial charge in [-0.3, -0.25) is 0 Å². The van der Waals surface area contributed by atoms with E-state index in [1.807, 2.05) is 20.0 Å². The van der Waals surface area contributed by atoms with E-state index in [2.05, 4.69) is 37.4 Å². The molecule has 0 radical (unpaired) electrons. The second kappa shape index (κ2) is 6.07. The van der Waals surface area contributed by atoms with Crippen LogP contribution in [0, 0.1) is 12.8 Å². The molecule has 1 N–H and O–H groups in total. The summed E-state index contributed by atoms with van der Waals surface area (Å²) in [6.45, 7) is 7.36. The summed E-state index contributed by atoms with van der Waals surface area (Å²) in [6, 6.07) is 6.19. The fourth-order valence-electron chi connectivity index (χ4n) is 1.54. The van der Waals surface area contributed by atoms with Crippen molar-refractivity contribution in [2.24, 2.45) is 5.92 Å². The highest BCUT2D eigenvalue weighted by Crippen LogP contribution is 2.20. The summed E-state index contributed by atoms with van der Waals surface area (Å²) in [6.07, 6.45) is 2.21. The number of hydrogen-bond acceptors (Lipinski definition) is 1. The van der Waals surface area contributed by atoms with E-state index in [9.17, 15) is 0 Å². The highest BCUT2D eigenvalue weighted by atomic mass is 35.5. The molecule has 0 saturated carbocycles. The van der Waals surface area contributed by atoms with Crippen molar-refractivity contribution < 1.29 is 0 Å². The predicted octanol–water partition coefficient (Wildman–Crippen LogP) is 3.91. The van der Waals surface area contributed by atoms with Gasteiger partial charge in [0.15, 0.2) is 0 Å². The van der Waals surface area contributed by atoms with Gasteiger partial charge in [0.25, 0.3) is 0 Å². The minimum absolute atomic E-state index is 0.549. The minimum atomic E-state index is 0.549. The zero-order valence-corrected chi connectivity index (χ0v) is 11.2. The Morgan fingerprint density at radius 1 is 1.44 bits per heavy atom. The molecular formula is C14H20ClN. The van der Waals surface area contributed by atoms with E-state index in [0.717, 1.165) is 17.1 Å². The van der Waals surface area contributed by atoms with Crippen molar-refractivity contribution in [3.63, 3.8) is 0 Å². The summed E-state index contributed by atoms with van der Waals surface area (Å²) in [7, 11) is 1.97. The van der Waals surface area contributed by atoms with Gasteiger partial charge in [0.1, 0.15) is 0 Å². The molecule has 0 atom stereocenters. The third-order valence-corrected chi connectivity index (χ3v) is 3.08. The van der Waals surface area contributed by atoms with Crippen molar-refractivity contribution in [1.82, 2.24) is 5.32 Å². The van der Waals surface area contributed by atoms with E-state index in [0.29, 0.717) is 5.92 Å². The smallest absolute Gasteiger partial charge is 0.0441 e. The van der Waals surface area contributed by atoms with Crippen molar-refractivity contribution in [2.45, 2.75) is 20.8 Å². The largest absolute Gasteiger partial charge is 0.316 e. The fourth-order valence-corrected chi connectivity index (χ4v) is 1.73. The molecule has 1 aromatic rings. The maximum Gasteiger partial charge on any atom is 0.0441 e. The first-order chi connectivity index (χ1) is 7.54. The third kappa shape index (κ3) is 3.66. The molecule has 0 saturated heterocycles. The monoisotopic (exact) mass is 237 g/mol. The second-order valence-corrected chi connectivity index (χ2v) is 4.82. The molecule has 0 fully saturated rings. The van der Waals surface area contributed by atoms with Crippen LogP contribution in [0.4, 0.5) is 0 Å². The van der Waals surface area contributed by atoms with Crippen LogP contribution < -0.4 is 5.32 Å². The molecule has 88 valence electrons. The topological polar surface area (TPSA) is 12.0 Å². The van der Waals surface area contributed by atoms with Crippen LogP contribution in [0.5, 0.6) is 0 Å². The summed E-state index contributed by atoms with van der Waals surface area (Å²) >= 11 is 6.11. The van der Waals surface area contributed by atoms with Crippen LogP contribution in [0.3, 0.4) is 0 Å². The number of likely N-dealkylation sites (N-methyl/N-ethyl adjacent to an activating group) is 1. The maximum absolute atomic E-state index is 6.11. The molecule has 0 unspecified atom stereocenters. The van der Waals surface area contributed by atoms with Crippen molar-refractivity contribution in [3.8, 4) is 0 Å². The Morgan fingerprint density at radius 3 is 2.62 bits per heavy atom. The van der Waals surface area contributed by atoms with E-state index in [1.54, 1.807) is 0 Å². The number of nitrogens with one attached hydrogen (secondary N) is 1. The van der Waals surface area contributed by atoms with Crippen LogP contribution >= 0.6 is 11.6 Å². The third-order valence-electron chi connectivity index (χ3n) is 2.67. The molecule has 1 aromatic carbocycles. The van der Waals surface area contributed by atoms with Gasteiger partial charge in [0.2, 0.25) is 0 Å². The van der Waals surface area contributed by atoms with Crippen LogP contribution in [0.1, 0.15) is 25.0 Å². The van der Waals surface area contributed by atoms with Gasteiger partial charge in [-0.1, -0.05) is 49.2 Å². The summed E-state index contributed by atoms with van der Waals surface area (Å²) in [4.78, 5) is 0. The Labute approximate surface area is 104 Å². The first-order valence-electron chi connectivity index (χ1n) is 5.65. The van der Waals surface area contributed by atoms with Crippen LogP contribution in [0.25, 0.3) is 6.08 Å². The summed E-state index contributed by atoms with van der Waals surface area (Å²) < 4.78 is 0. The molecule has 0 heterocycles. The van der Waals surface area contributed by atoms with Gasteiger partial charge in [-0.2, -0.15) is 0 Å². The lowest BCUT2D eigenvalue weighted by molar-refractivity contribution is 0.713. The van der Waals surface area contributed by atoms with Crippen LogP contribution in [-0.4, -0.2) is 13.6 Å². The lowest BCUT2D eigenvalue weighted by Gasteiger charge is -2.11. The predicted molar refractivity (Wildman–Crippen MR) is 72.9 cm³/mol. The van der Waals surface area contributed by atoms with Crippen LogP contribution in [0.15, 0.2) is 23.8 Å². The number of benzene rings is 1. The molecule has 0 bridgehead atoms. The standard InChI is InChI=1S/C14H20ClN/c1-10(2)13(9-16-4)7-12-6-5-11(3)14(15)8-12/h5-8,10,16H,9H2,1-4H3/b13-7-. The summed E-state index contributed by atoms with van der Waals surface area (Å²) in [5, 5.41) is 4.03. The Kier molecular flexibility index (Phi) is 5.04. The zero-order chi connectivity index (χ0) is 12.1. The average Bonchev–Trinajstić information content (AvgIpc) is 2.22. The summed E-state index contributed by atoms with van der Waals surface area (Å²) in [5.74, 6) is 0.549. The van der Waals surface area contributed by atoms with E-state index in [-0.39, 0.29) is 0 Å². The molecule has 0 aromatic heterocycles. The SMILES string of the molecule is CNC/C(=C/c1ccc(C)c(Cl)c1)C(C)C. The molecule has 0 spiro atoms.